The highest BCUT2D eigenvalue weighted by Gasteiger charge is 2.34. The van der Waals surface area contributed by atoms with Crippen LogP contribution in [0.2, 0.25) is 0 Å². The second-order valence-corrected chi connectivity index (χ2v) is 8.36. The van der Waals surface area contributed by atoms with Gasteiger partial charge in [0.25, 0.3) is 0 Å². The summed E-state index contributed by atoms with van der Waals surface area (Å²) in [6, 6.07) is 5.21. The minimum Gasteiger partial charge on any atom is -0.315 e. The van der Waals surface area contributed by atoms with Crippen molar-refractivity contribution in [3.8, 4) is 0 Å². The molecule has 1 fully saturated rings. The predicted molar refractivity (Wildman–Crippen MR) is 101 cm³/mol. The van der Waals surface area contributed by atoms with E-state index in [1.54, 1.807) is 21.3 Å². The largest absolute Gasteiger partial charge is 0.315 e. The Labute approximate surface area is 156 Å². The molecular formula is C17H26ClN3O3S. The fraction of sp³-hybridized carbons (Fsp3) is 0.588. The molecule has 1 aromatic rings. The van der Waals surface area contributed by atoms with E-state index < -0.39 is 10.0 Å². The van der Waals surface area contributed by atoms with Gasteiger partial charge < -0.3 is 10.2 Å². The maximum atomic E-state index is 13.2. The van der Waals surface area contributed by atoms with Crippen LogP contribution < -0.4 is 10.2 Å². The fourth-order valence-electron chi connectivity index (χ4n) is 3.59. The summed E-state index contributed by atoms with van der Waals surface area (Å²) in [7, 11) is -3.56. The Balaban J connectivity index is 0.00000225. The van der Waals surface area contributed by atoms with Crippen LogP contribution in [-0.4, -0.2) is 50.9 Å². The number of rotatable bonds is 5. The predicted octanol–water partition coefficient (Wildman–Crippen LogP) is 1.78. The number of hydrogen-bond donors (Lipinski definition) is 1. The van der Waals surface area contributed by atoms with Gasteiger partial charge in [0.05, 0.1) is 4.90 Å². The van der Waals surface area contributed by atoms with E-state index in [-0.39, 0.29) is 29.3 Å². The Morgan fingerprint density at radius 1 is 1.40 bits per heavy atom. The van der Waals surface area contributed by atoms with Crippen LogP contribution in [0.5, 0.6) is 0 Å². The molecule has 1 N–H and O–H groups in total. The van der Waals surface area contributed by atoms with Gasteiger partial charge in [-0.3, -0.25) is 4.79 Å². The molecule has 3 rings (SSSR count). The van der Waals surface area contributed by atoms with Gasteiger partial charge in [0.15, 0.2) is 0 Å². The van der Waals surface area contributed by atoms with Gasteiger partial charge in [-0.2, -0.15) is 4.31 Å². The molecule has 0 aromatic heterocycles. The number of anilines is 1. The summed E-state index contributed by atoms with van der Waals surface area (Å²) < 4.78 is 28.0. The Kier molecular flexibility index (Phi) is 6.48. The van der Waals surface area contributed by atoms with Gasteiger partial charge in [-0.15, -0.1) is 12.4 Å². The van der Waals surface area contributed by atoms with E-state index in [4.69, 9.17) is 0 Å². The summed E-state index contributed by atoms with van der Waals surface area (Å²) in [5, 5.41) is 3.24. The van der Waals surface area contributed by atoms with Gasteiger partial charge in [0, 0.05) is 38.3 Å². The smallest absolute Gasteiger partial charge is 0.243 e. The fourth-order valence-corrected chi connectivity index (χ4v) is 5.35. The third kappa shape index (κ3) is 3.84. The molecular weight excluding hydrogens is 362 g/mol. The molecule has 2 aliphatic rings. The van der Waals surface area contributed by atoms with Crippen molar-refractivity contribution in [2.45, 2.75) is 44.0 Å². The zero-order valence-corrected chi connectivity index (χ0v) is 16.3. The number of hydrogen-bond acceptors (Lipinski definition) is 4. The van der Waals surface area contributed by atoms with E-state index in [0.717, 1.165) is 37.1 Å². The SMILES string of the molecule is CCCN(C1CCNC1)S(=O)(=O)c1ccc2c(c1)N(C(C)=O)CC2.Cl. The number of fused-ring (bicyclic) bond motifs is 1. The molecule has 1 aromatic carbocycles. The first-order chi connectivity index (χ1) is 11.4. The molecule has 1 atom stereocenters. The average molecular weight is 388 g/mol. The molecule has 1 amide bonds. The van der Waals surface area contributed by atoms with Crippen molar-refractivity contribution in [3.63, 3.8) is 0 Å². The van der Waals surface area contributed by atoms with Crippen molar-refractivity contribution in [1.29, 1.82) is 0 Å². The molecule has 1 saturated heterocycles. The van der Waals surface area contributed by atoms with Crippen LogP contribution in [0.3, 0.4) is 0 Å². The molecule has 0 saturated carbocycles. The van der Waals surface area contributed by atoms with Crippen LogP contribution in [0.15, 0.2) is 23.1 Å². The van der Waals surface area contributed by atoms with Gasteiger partial charge in [-0.1, -0.05) is 13.0 Å². The van der Waals surface area contributed by atoms with Crippen LogP contribution in [0.25, 0.3) is 0 Å². The first-order valence-electron chi connectivity index (χ1n) is 8.58. The minimum absolute atomic E-state index is 0. The number of amides is 1. The number of carbonyl (C=O) groups excluding carboxylic acids is 1. The van der Waals surface area contributed by atoms with E-state index in [9.17, 15) is 13.2 Å². The molecule has 1 unspecified atom stereocenters. The van der Waals surface area contributed by atoms with Gasteiger partial charge in [-0.05, 0) is 43.5 Å². The summed E-state index contributed by atoms with van der Waals surface area (Å²) in [4.78, 5) is 13.7. The summed E-state index contributed by atoms with van der Waals surface area (Å²) in [5.74, 6) is -0.0475. The summed E-state index contributed by atoms with van der Waals surface area (Å²) in [6.07, 6.45) is 2.39. The Morgan fingerprint density at radius 2 is 2.16 bits per heavy atom. The van der Waals surface area contributed by atoms with E-state index in [1.807, 2.05) is 13.0 Å². The Morgan fingerprint density at radius 3 is 2.76 bits per heavy atom. The number of nitrogens with one attached hydrogen (secondary N) is 1. The van der Waals surface area contributed by atoms with Crippen LogP contribution >= 0.6 is 12.4 Å². The zero-order valence-electron chi connectivity index (χ0n) is 14.7. The average Bonchev–Trinajstić information content (AvgIpc) is 3.20. The lowest BCUT2D eigenvalue weighted by Crippen LogP contribution is -2.42. The number of nitrogens with zero attached hydrogens (tertiary/aromatic N) is 2. The Bertz CT molecular complexity index is 733. The topological polar surface area (TPSA) is 69.7 Å². The number of sulfonamides is 1. The van der Waals surface area contributed by atoms with Crippen LogP contribution in [-0.2, 0) is 21.2 Å². The van der Waals surface area contributed by atoms with Crippen LogP contribution in [0, 0.1) is 0 Å². The van der Waals surface area contributed by atoms with Crippen molar-refractivity contribution in [1.82, 2.24) is 9.62 Å². The molecule has 2 aliphatic heterocycles. The van der Waals surface area contributed by atoms with E-state index in [2.05, 4.69) is 5.32 Å². The van der Waals surface area contributed by atoms with Gasteiger partial charge in [0.1, 0.15) is 0 Å². The zero-order chi connectivity index (χ0) is 17.3. The lowest BCUT2D eigenvalue weighted by molar-refractivity contribution is -0.116. The molecule has 0 spiro atoms. The molecule has 8 heteroatoms. The highest BCUT2D eigenvalue weighted by atomic mass is 35.5. The summed E-state index contributed by atoms with van der Waals surface area (Å²) in [6.45, 7) is 6.20. The number of halogens is 1. The van der Waals surface area contributed by atoms with Crippen molar-refractivity contribution < 1.29 is 13.2 Å². The quantitative estimate of drug-likeness (QED) is 0.836. The van der Waals surface area contributed by atoms with Gasteiger partial charge in [-0.25, -0.2) is 8.42 Å². The summed E-state index contributed by atoms with van der Waals surface area (Å²) in [5.41, 5.74) is 1.78. The molecule has 0 radical (unpaired) electrons. The van der Waals surface area contributed by atoms with Crippen molar-refractivity contribution >= 4 is 34.0 Å². The standard InChI is InChI=1S/C17H25N3O3S.ClH/c1-3-9-20(15-6-8-18-12-15)24(22,23)16-5-4-14-7-10-19(13(2)21)17(14)11-16;/h4-5,11,15,18H,3,6-10,12H2,1-2H3;1H. The van der Waals surface area contributed by atoms with Crippen molar-refractivity contribution in [2.75, 3.05) is 31.1 Å². The highest BCUT2D eigenvalue weighted by Crippen LogP contribution is 2.32. The minimum atomic E-state index is -3.56. The third-order valence-electron chi connectivity index (χ3n) is 4.82. The Hall–Kier alpha value is -1.15. The van der Waals surface area contributed by atoms with Gasteiger partial charge >= 0.3 is 0 Å². The third-order valence-corrected chi connectivity index (χ3v) is 6.77. The monoisotopic (exact) mass is 387 g/mol. The van der Waals surface area contributed by atoms with E-state index in [1.165, 1.54) is 6.92 Å². The highest BCUT2D eigenvalue weighted by molar-refractivity contribution is 7.89. The van der Waals surface area contributed by atoms with Crippen LogP contribution in [0.1, 0.15) is 32.3 Å². The molecule has 2 heterocycles. The maximum absolute atomic E-state index is 13.2. The molecule has 0 aliphatic carbocycles. The first kappa shape index (κ1) is 20.2. The molecule has 25 heavy (non-hydrogen) atoms. The van der Waals surface area contributed by atoms with E-state index in [0.29, 0.717) is 19.6 Å². The second kappa shape index (κ2) is 8.03. The van der Waals surface area contributed by atoms with Gasteiger partial charge in [0.2, 0.25) is 15.9 Å². The number of benzene rings is 1. The summed E-state index contributed by atoms with van der Waals surface area (Å²) >= 11 is 0. The van der Waals surface area contributed by atoms with Crippen molar-refractivity contribution in [3.05, 3.63) is 23.8 Å². The lowest BCUT2D eigenvalue weighted by Gasteiger charge is -2.27. The number of carbonyl (C=O) groups is 1. The van der Waals surface area contributed by atoms with Crippen LogP contribution in [0.4, 0.5) is 5.69 Å². The molecule has 0 bridgehead atoms. The second-order valence-electron chi connectivity index (χ2n) is 6.47. The van der Waals surface area contributed by atoms with E-state index >= 15 is 0 Å². The first-order valence-corrected chi connectivity index (χ1v) is 10.0. The lowest BCUT2D eigenvalue weighted by atomic mass is 10.2. The normalized spacial score (nSPS) is 19.8. The molecule has 140 valence electrons. The van der Waals surface area contributed by atoms with Crippen molar-refractivity contribution in [2.24, 2.45) is 0 Å². The maximum Gasteiger partial charge on any atom is 0.243 e. The molecule has 6 nitrogen and oxygen atoms in total.